The van der Waals surface area contributed by atoms with Crippen molar-refractivity contribution >= 4 is 11.7 Å². The Balaban J connectivity index is 0. The second kappa shape index (κ2) is 11.2. The van der Waals surface area contributed by atoms with E-state index in [-0.39, 0.29) is 23.5 Å². The van der Waals surface area contributed by atoms with Crippen molar-refractivity contribution in [3.8, 4) is 0 Å². The van der Waals surface area contributed by atoms with Crippen LogP contribution in [0.3, 0.4) is 0 Å². The summed E-state index contributed by atoms with van der Waals surface area (Å²) in [5, 5.41) is 0. The fraction of sp³-hybridized carbons (Fsp3) is 0.867. The Kier molecular flexibility index (Phi) is 12.2. The van der Waals surface area contributed by atoms with Gasteiger partial charge in [-0.25, -0.2) is 0 Å². The van der Waals surface area contributed by atoms with Crippen LogP contribution in [-0.4, -0.2) is 29.7 Å². The third-order valence-electron chi connectivity index (χ3n) is 3.11. The van der Waals surface area contributed by atoms with E-state index in [1.165, 1.54) is 0 Å². The first-order valence-corrected chi connectivity index (χ1v) is 7.35. The molecule has 0 N–H and O–H groups in total. The number of nitrogens with zero attached hydrogens (tertiary/aromatic N) is 1. The van der Waals surface area contributed by atoms with Crippen molar-refractivity contribution in [2.75, 3.05) is 13.1 Å². The molecule has 3 heteroatoms. The van der Waals surface area contributed by atoms with Gasteiger partial charge in [-0.05, 0) is 19.8 Å². The van der Waals surface area contributed by atoms with Crippen LogP contribution >= 0.6 is 0 Å². The van der Waals surface area contributed by atoms with Crippen LogP contribution in [0.5, 0.6) is 0 Å². The van der Waals surface area contributed by atoms with Gasteiger partial charge in [0, 0.05) is 24.9 Å². The Morgan fingerprint density at radius 1 is 1.22 bits per heavy atom. The average molecular weight is 257 g/mol. The molecule has 2 unspecified atom stereocenters. The fourth-order valence-corrected chi connectivity index (χ4v) is 1.78. The quantitative estimate of drug-likeness (QED) is 0.775. The van der Waals surface area contributed by atoms with Crippen LogP contribution < -0.4 is 0 Å². The first-order valence-electron chi connectivity index (χ1n) is 7.35. The van der Waals surface area contributed by atoms with E-state index in [0.29, 0.717) is 6.54 Å². The van der Waals surface area contributed by atoms with Crippen LogP contribution in [0, 0.1) is 11.8 Å². The number of amides is 1. The second-order valence-electron chi connectivity index (χ2n) is 4.19. The Labute approximate surface area is 113 Å². The molecule has 0 aromatic heterocycles. The maximum absolute atomic E-state index is 11.8. The maximum Gasteiger partial charge on any atom is 0.225 e. The summed E-state index contributed by atoms with van der Waals surface area (Å²) in [5.74, 6) is 0.601. The lowest BCUT2D eigenvalue weighted by molar-refractivity contribution is -0.134. The molecule has 0 aromatic carbocycles. The lowest BCUT2D eigenvalue weighted by atomic mass is 10.1. The van der Waals surface area contributed by atoms with E-state index in [4.69, 9.17) is 0 Å². The van der Waals surface area contributed by atoms with Gasteiger partial charge in [-0.15, -0.1) is 0 Å². The topological polar surface area (TPSA) is 37.4 Å². The average Bonchev–Trinajstić information content (AvgIpc) is 2.91. The molecule has 3 nitrogen and oxygen atoms in total. The van der Waals surface area contributed by atoms with Gasteiger partial charge in [0.25, 0.3) is 0 Å². The van der Waals surface area contributed by atoms with Gasteiger partial charge < -0.3 is 4.90 Å². The molecule has 1 saturated heterocycles. The van der Waals surface area contributed by atoms with E-state index in [1.54, 1.807) is 6.92 Å². The van der Waals surface area contributed by atoms with Gasteiger partial charge in [0.05, 0.1) is 0 Å². The fourth-order valence-electron chi connectivity index (χ4n) is 1.78. The maximum atomic E-state index is 11.8. The van der Waals surface area contributed by atoms with Crippen LogP contribution in [0.4, 0.5) is 0 Å². The highest BCUT2D eigenvalue weighted by atomic mass is 16.2. The van der Waals surface area contributed by atoms with Gasteiger partial charge in [0.15, 0.2) is 0 Å². The number of hydrogen-bond donors (Lipinski definition) is 0. The molecular formula is C15H31NO2. The summed E-state index contributed by atoms with van der Waals surface area (Å²) in [7, 11) is 0. The highest BCUT2D eigenvalue weighted by Gasteiger charge is 2.30. The summed E-state index contributed by atoms with van der Waals surface area (Å²) in [5.41, 5.74) is 0. The highest BCUT2D eigenvalue weighted by Crippen LogP contribution is 2.19. The molecule has 108 valence electrons. The van der Waals surface area contributed by atoms with Crippen LogP contribution in [0.1, 0.15) is 61.3 Å². The zero-order valence-electron chi connectivity index (χ0n) is 13.2. The normalized spacial score (nSPS) is 19.1. The van der Waals surface area contributed by atoms with Crippen molar-refractivity contribution in [1.82, 2.24) is 4.90 Å². The van der Waals surface area contributed by atoms with Crippen LogP contribution in [0.25, 0.3) is 0 Å². The van der Waals surface area contributed by atoms with E-state index < -0.39 is 0 Å². The van der Waals surface area contributed by atoms with Crippen molar-refractivity contribution in [2.45, 2.75) is 61.3 Å². The molecule has 0 saturated carbocycles. The summed E-state index contributed by atoms with van der Waals surface area (Å²) in [6, 6.07) is 0. The smallest absolute Gasteiger partial charge is 0.225 e. The standard InChI is InChI=1S/C11H19NO2.2C2H6/c1-4-8(2)11(14)12-6-5-10(7-12)9(3)13;2*1-2/h8,10H,4-7H2,1-3H3;2*1-2H3. The number of likely N-dealkylation sites (tertiary alicyclic amines) is 1. The minimum absolute atomic E-state index is 0.0861. The zero-order chi connectivity index (χ0) is 14.7. The predicted octanol–water partition coefficient (Wildman–Crippen LogP) is 3.52. The molecule has 0 radical (unpaired) electrons. The Bertz CT molecular complexity index is 239. The van der Waals surface area contributed by atoms with Crippen LogP contribution in [-0.2, 0) is 9.59 Å². The second-order valence-corrected chi connectivity index (χ2v) is 4.19. The number of rotatable bonds is 3. The molecule has 1 heterocycles. The molecule has 0 aliphatic carbocycles. The molecule has 1 aliphatic rings. The van der Waals surface area contributed by atoms with Crippen molar-refractivity contribution in [1.29, 1.82) is 0 Å². The number of Topliss-reactive ketones (excluding diaryl/α,β-unsaturated/α-hetero) is 1. The molecule has 0 aromatic rings. The minimum atomic E-state index is 0.0861. The SMILES string of the molecule is CC.CC.CCC(C)C(=O)N1CCC(C(C)=O)C1. The van der Waals surface area contributed by atoms with Gasteiger partial charge in [-0.2, -0.15) is 0 Å². The first kappa shape index (κ1) is 19.5. The number of carbonyl (C=O) groups is 2. The van der Waals surface area contributed by atoms with E-state index in [1.807, 2.05) is 46.4 Å². The molecule has 1 amide bonds. The molecule has 1 aliphatic heterocycles. The predicted molar refractivity (Wildman–Crippen MR) is 77.5 cm³/mol. The van der Waals surface area contributed by atoms with Crippen molar-refractivity contribution in [3.05, 3.63) is 0 Å². The molecule has 1 rings (SSSR count). The summed E-state index contributed by atoms with van der Waals surface area (Å²) >= 11 is 0. The van der Waals surface area contributed by atoms with Gasteiger partial charge >= 0.3 is 0 Å². The van der Waals surface area contributed by atoms with Gasteiger partial charge in [0.2, 0.25) is 5.91 Å². The monoisotopic (exact) mass is 257 g/mol. The molecule has 18 heavy (non-hydrogen) atoms. The number of carbonyl (C=O) groups excluding carboxylic acids is 2. The molecule has 2 atom stereocenters. The number of ketones is 1. The summed E-state index contributed by atoms with van der Waals surface area (Å²) in [6.45, 7) is 15.0. The van der Waals surface area contributed by atoms with Crippen molar-refractivity contribution in [3.63, 3.8) is 0 Å². The van der Waals surface area contributed by atoms with Crippen LogP contribution in [0.15, 0.2) is 0 Å². The van der Waals surface area contributed by atoms with E-state index in [0.717, 1.165) is 19.4 Å². The summed E-state index contributed by atoms with van der Waals surface area (Å²) < 4.78 is 0. The first-order chi connectivity index (χ1) is 8.56. The molecule has 0 bridgehead atoms. The molecule has 0 spiro atoms. The van der Waals surface area contributed by atoms with E-state index >= 15 is 0 Å². The Morgan fingerprint density at radius 2 is 1.72 bits per heavy atom. The summed E-state index contributed by atoms with van der Waals surface area (Å²) in [4.78, 5) is 24.7. The lowest BCUT2D eigenvalue weighted by Crippen LogP contribution is -2.33. The van der Waals surface area contributed by atoms with Crippen LogP contribution in [0.2, 0.25) is 0 Å². The number of hydrogen-bond acceptors (Lipinski definition) is 2. The van der Waals surface area contributed by atoms with E-state index in [2.05, 4.69) is 0 Å². The third kappa shape index (κ3) is 6.18. The zero-order valence-corrected chi connectivity index (χ0v) is 13.2. The van der Waals surface area contributed by atoms with Gasteiger partial charge in [-0.3, -0.25) is 9.59 Å². The third-order valence-corrected chi connectivity index (χ3v) is 3.11. The van der Waals surface area contributed by atoms with Gasteiger partial charge in [-0.1, -0.05) is 41.5 Å². The molecular weight excluding hydrogens is 226 g/mol. The van der Waals surface area contributed by atoms with Crippen molar-refractivity contribution < 1.29 is 9.59 Å². The Hall–Kier alpha value is -0.860. The van der Waals surface area contributed by atoms with E-state index in [9.17, 15) is 9.59 Å². The largest absolute Gasteiger partial charge is 0.342 e. The van der Waals surface area contributed by atoms with Crippen molar-refractivity contribution in [2.24, 2.45) is 11.8 Å². The lowest BCUT2D eigenvalue weighted by Gasteiger charge is -2.19. The van der Waals surface area contributed by atoms with Gasteiger partial charge in [0.1, 0.15) is 5.78 Å². The molecule has 1 fully saturated rings. The Morgan fingerprint density at radius 3 is 2.06 bits per heavy atom. The summed E-state index contributed by atoms with van der Waals surface area (Å²) in [6.07, 6.45) is 1.72. The highest BCUT2D eigenvalue weighted by molar-refractivity contribution is 5.82. The minimum Gasteiger partial charge on any atom is -0.342 e.